The minimum Gasteiger partial charge on any atom is -0.267 e. The Bertz CT molecular complexity index is 842. The van der Waals surface area contributed by atoms with Crippen molar-refractivity contribution in [2.75, 3.05) is 0 Å². The van der Waals surface area contributed by atoms with Gasteiger partial charge in [0.15, 0.2) is 4.96 Å². The van der Waals surface area contributed by atoms with Crippen LogP contribution < -0.4 is 5.56 Å². The predicted molar refractivity (Wildman–Crippen MR) is 78.7 cm³/mol. The first kappa shape index (κ1) is 12.1. The first-order valence-corrected chi connectivity index (χ1v) is 7.56. The molecule has 2 atom stereocenters. The molecular formula is C14H10ClN3OS. The van der Waals surface area contributed by atoms with Crippen molar-refractivity contribution in [3.8, 4) is 0 Å². The van der Waals surface area contributed by atoms with Gasteiger partial charge in [-0.1, -0.05) is 17.7 Å². The molecule has 1 saturated carbocycles. The van der Waals surface area contributed by atoms with E-state index in [0.29, 0.717) is 10.9 Å². The van der Waals surface area contributed by atoms with Crippen LogP contribution in [0.15, 0.2) is 40.9 Å². The van der Waals surface area contributed by atoms with E-state index in [0.717, 1.165) is 12.1 Å². The van der Waals surface area contributed by atoms with Crippen molar-refractivity contribution in [2.24, 2.45) is 0 Å². The summed E-state index contributed by atoms with van der Waals surface area (Å²) in [7, 11) is 0. The third kappa shape index (κ3) is 1.77. The van der Waals surface area contributed by atoms with E-state index in [-0.39, 0.29) is 16.5 Å². The summed E-state index contributed by atoms with van der Waals surface area (Å²) in [6, 6.07) is 3.99. The van der Waals surface area contributed by atoms with Gasteiger partial charge in [-0.3, -0.25) is 14.2 Å². The molecule has 0 spiro atoms. The summed E-state index contributed by atoms with van der Waals surface area (Å²) in [6.45, 7) is 0. The monoisotopic (exact) mass is 303 g/mol. The molecule has 100 valence electrons. The lowest BCUT2D eigenvalue weighted by molar-refractivity contribution is 0.937. The summed E-state index contributed by atoms with van der Waals surface area (Å²) < 4.78 is 1.50. The van der Waals surface area contributed by atoms with E-state index in [1.807, 2.05) is 17.6 Å². The molecule has 3 aromatic rings. The van der Waals surface area contributed by atoms with E-state index in [1.165, 1.54) is 21.3 Å². The van der Waals surface area contributed by atoms with Gasteiger partial charge >= 0.3 is 0 Å². The fourth-order valence-corrected chi connectivity index (χ4v) is 3.57. The number of nitrogens with zero attached hydrogens (tertiary/aromatic N) is 3. The summed E-state index contributed by atoms with van der Waals surface area (Å²) in [5, 5.41) is 2.09. The topological polar surface area (TPSA) is 47.3 Å². The molecule has 2 unspecified atom stereocenters. The molecule has 0 radical (unpaired) electrons. The maximum absolute atomic E-state index is 12.2. The number of fused-ring (bicyclic) bond motifs is 1. The number of rotatable bonds is 2. The van der Waals surface area contributed by atoms with E-state index in [2.05, 4.69) is 16.0 Å². The van der Waals surface area contributed by atoms with Gasteiger partial charge in [-0.05, 0) is 24.0 Å². The zero-order valence-corrected chi connectivity index (χ0v) is 11.9. The Labute approximate surface area is 123 Å². The summed E-state index contributed by atoms with van der Waals surface area (Å²) >= 11 is 7.66. The predicted octanol–water partition coefficient (Wildman–Crippen LogP) is 3.08. The van der Waals surface area contributed by atoms with Crippen molar-refractivity contribution < 1.29 is 0 Å². The van der Waals surface area contributed by atoms with Crippen molar-refractivity contribution in [1.82, 2.24) is 14.4 Å². The van der Waals surface area contributed by atoms with Gasteiger partial charge in [0.1, 0.15) is 5.02 Å². The highest BCUT2D eigenvalue weighted by Gasteiger charge is 2.42. The zero-order valence-electron chi connectivity index (χ0n) is 10.4. The second-order valence-electron chi connectivity index (χ2n) is 4.91. The van der Waals surface area contributed by atoms with Crippen LogP contribution >= 0.6 is 22.9 Å². The van der Waals surface area contributed by atoms with Gasteiger partial charge in [0.05, 0.1) is 5.69 Å². The summed E-state index contributed by atoms with van der Waals surface area (Å²) in [6.07, 6.45) is 6.31. The molecule has 4 rings (SSSR count). The zero-order chi connectivity index (χ0) is 13.7. The Hall–Kier alpha value is -1.72. The van der Waals surface area contributed by atoms with Gasteiger partial charge in [-0.2, -0.15) is 0 Å². The van der Waals surface area contributed by atoms with Crippen molar-refractivity contribution in [2.45, 2.75) is 18.3 Å². The van der Waals surface area contributed by atoms with Gasteiger partial charge in [-0.15, -0.1) is 11.3 Å². The minimum absolute atomic E-state index is 0.176. The standard InChI is InChI=1S/C14H10ClN3OS/c15-11-12(17-14-18(13(11)19)4-5-20-14)10-6-9(10)8-2-1-3-16-7-8/h1-5,7,9-10H,6H2. The molecule has 3 aromatic heterocycles. The van der Waals surface area contributed by atoms with E-state index in [4.69, 9.17) is 11.6 Å². The van der Waals surface area contributed by atoms with Crippen molar-refractivity contribution in [3.05, 3.63) is 62.7 Å². The lowest BCUT2D eigenvalue weighted by Gasteiger charge is -2.03. The van der Waals surface area contributed by atoms with Crippen LogP contribution in [0.5, 0.6) is 0 Å². The average molecular weight is 304 g/mol. The molecule has 6 heteroatoms. The number of aromatic nitrogens is 3. The van der Waals surface area contributed by atoms with Gasteiger partial charge in [0.25, 0.3) is 5.56 Å². The van der Waals surface area contributed by atoms with Crippen LogP contribution in [0.25, 0.3) is 4.96 Å². The first-order chi connectivity index (χ1) is 9.75. The second kappa shape index (κ2) is 4.40. The molecule has 0 saturated heterocycles. The molecule has 0 aliphatic heterocycles. The van der Waals surface area contributed by atoms with Gasteiger partial charge < -0.3 is 0 Å². The lowest BCUT2D eigenvalue weighted by Crippen LogP contribution is -2.15. The highest BCUT2D eigenvalue weighted by molar-refractivity contribution is 7.15. The summed E-state index contributed by atoms with van der Waals surface area (Å²) in [5.74, 6) is 0.599. The Morgan fingerprint density at radius 1 is 1.40 bits per heavy atom. The molecule has 1 aliphatic carbocycles. The fourth-order valence-electron chi connectivity index (χ4n) is 2.58. The Kier molecular flexibility index (Phi) is 2.65. The van der Waals surface area contributed by atoms with Crippen molar-refractivity contribution in [3.63, 3.8) is 0 Å². The van der Waals surface area contributed by atoms with Crippen LogP contribution in [0.3, 0.4) is 0 Å². The second-order valence-corrected chi connectivity index (χ2v) is 6.16. The third-order valence-electron chi connectivity index (χ3n) is 3.69. The summed E-state index contributed by atoms with van der Waals surface area (Å²) in [4.78, 5) is 21.6. The average Bonchev–Trinajstić information content (AvgIpc) is 3.13. The number of hydrogen-bond donors (Lipinski definition) is 0. The molecule has 0 aromatic carbocycles. The fraction of sp³-hybridized carbons (Fsp3) is 0.214. The smallest absolute Gasteiger partial charge is 0.267 e. The van der Waals surface area contributed by atoms with Gasteiger partial charge in [-0.25, -0.2) is 4.98 Å². The van der Waals surface area contributed by atoms with Crippen LogP contribution in [0.4, 0.5) is 0 Å². The SMILES string of the molecule is O=c1c(Cl)c(C2CC2c2cccnc2)nc2sccn12. The Morgan fingerprint density at radius 3 is 3.10 bits per heavy atom. The molecule has 3 heterocycles. The normalized spacial score (nSPS) is 21.2. The number of halogens is 1. The summed E-state index contributed by atoms with van der Waals surface area (Å²) in [5.41, 5.74) is 1.74. The van der Waals surface area contributed by atoms with E-state index in [1.54, 1.807) is 12.4 Å². The van der Waals surface area contributed by atoms with Crippen molar-refractivity contribution in [1.29, 1.82) is 0 Å². The number of pyridine rings is 1. The molecule has 1 aliphatic rings. The van der Waals surface area contributed by atoms with Crippen LogP contribution in [-0.4, -0.2) is 14.4 Å². The first-order valence-electron chi connectivity index (χ1n) is 6.31. The molecule has 0 N–H and O–H groups in total. The lowest BCUT2D eigenvalue weighted by atomic mass is 10.1. The number of thiazole rings is 1. The molecule has 0 amide bonds. The van der Waals surface area contributed by atoms with Crippen LogP contribution in [0.1, 0.15) is 29.5 Å². The highest BCUT2D eigenvalue weighted by atomic mass is 35.5. The van der Waals surface area contributed by atoms with Crippen LogP contribution in [-0.2, 0) is 0 Å². The van der Waals surface area contributed by atoms with Crippen LogP contribution in [0, 0.1) is 0 Å². The largest absolute Gasteiger partial charge is 0.277 e. The maximum Gasteiger partial charge on any atom is 0.277 e. The van der Waals surface area contributed by atoms with Crippen LogP contribution in [0.2, 0.25) is 5.02 Å². The molecule has 4 nitrogen and oxygen atoms in total. The molecule has 0 bridgehead atoms. The van der Waals surface area contributed by atoms with E-state index >= 15 is 0 Å². The molecule has 1 fully saturated rings. The quantitative estimate of drug-likeness (QED) is 0.731. The minimum atomic E-state index is -0.176. The van der Waals surface area contributed by atoms with E-state index in [9.17, 15) is 4.79 Å². The third-order valence-corrected chi connectivity index (χ3v) is 4.80. The maximum atomic E-state index is 12.2. The highest BCUT2D eigenvalue weighted by Crippen LogP contribution is 2.54. The van der Waals surface area contributed by atoms with E-state index < -0.39 is 0 Å². The molecular weight excluding hydrogens is 294 g/mol. The Morgan fingerprint density at radius 2 is 2.30 bits per heavy atom. The Balaban J connectivity index is 1.77. The number of hydrogen-bond acceptors (Lipinski definition) is 4. The van der Waals surface area contributed by atoms with Crippen molar-refractivity contribution >= 4 is 27.9 Å². The van der Waals surface area contributed by atoms with Gasteiger partial charge in [0.2, 0.25) is 0 Å². The molecule has 20 heavy (non-hydrogen) atoms. The van der Waals surface area contributed by atoms with Gasteiger partial charge in [0, 0.05) is 29.9 Å².